The van der Waals surface area contributed by atoms with Gasteiger partial charge in [-0.05, 0) is 24.6 Å². The average Bonchev–Trinajstić information content (AvgIpc) is 2.61. The minimum absolute atomic E-state index is 0.00972. The Labute approximate surface area is 147 Å². The van der Waals surface area contributed by atoms with Crippen molar-refractivity contribution in [2.45, 2.75) is 12.7 Å². The second kappa shape index (κ2) is 9.88. The second-order valence-corrected chi connectivity index (χ2v) is 6.46. The quantitative estimate of drug-likeness (QED) is 0.707. The normalized spacial score (nSPS) is 10.2. The van der Waals surface area contributed by atoms with Crippen molar-refractivity contribution in [1.82, 2.24) is 5.32 Å². The minimum atomic E-state index is -0.117. The van der Waals surface area contributed by atoms with Gasteiger partial charge < -0.3 is 14.8 Å². The van der Waals surface area contributed by atoms with Crippen molar-refractivity contribution in [1.29, 1.82) is 0 Å². The van der Waals surface area contributed by atoms with Crippen LogP contribution in [0.1, 0.15) is 11.1 Å². The molecule has 0 fully saturated rings. The van der Waals surface area contributed by atoms with E-state index in [9.17, 15) is 4.79 Å². The lowest BCUT2D eigenvalue weighted by Gasteiger charge is -2.08. The molecular formula is C19H23NO3S. The molecule has 0 aliphatic carbocycles. The van der Waals surface area contributed by atoms with Gasteiger partial charge in [0.15, 0.2) is 6.61 Å². The van der Waals surface area contributed by atoms with Crippen molar-refractivity contribution in [2.75, 3.05) is 26.0 Å². The number of hydrogen-bond acceptors (Lipinski definition) is 4. The van der Waals surface area contributed by atoms with Gasteiger partial charge in [0.1, 0.15) is 11.5 Å². The summed E-state index contributed by atoms with van der Waals surface area (Å²) in [6, 6.07) is 15.7. The van der Waals surface area contributed by atoms with Crippen LogP contribution in [0.4, 0.5) is 0 Å². The summed E-state index contributed by atoms with van der Waals surface area (Å²) in [6.07, 6.45) is 0. The van der Waals surface area contributed by atoms with Crippen molar-refractivity contribution in [2.24, 2.45) is 0 Å². The van der Waals surface area contributed by atoms with Crippen molar-refractivity contribution in [3.63, 3.8) is 0 Å². The molecule has 0 heterocycles. The smallest absolute Gasteiger partial charge is 0.257 e. The van der Waals surface area contributed by atoms with E-state index < -0.39 is 0 Å². The number of rotatable bonds is 9. The zero-order valence-corrected chi connectivity index (χ0v) is 14.9. The molecule has 2 aromatic rings. The van der Waals surface area contributed by atoms with Crippen LogP contribution in [0.5, 0.6) is 11.5 Å². The second-order valence-electron chi connectivity index (χ2n) is 5.36. The number of ether oxygens (including phenoxy) is 2. The molecule has 5 heteroatoms. The van der Waals surface area contributed by atoms with Crippen molar-refractivity contribution >= 4 is 17.7 Å². The van der Waals surface area contributed by atoms with Crippen molar-refractivity contribution in [3.05, 3.63) is 59.7 Å². The summed E-state index contributed by atoms with van der Waals surface area (Å²) < 4.78 is 10.6. The summed E-state index contributed by atoms with van der Waals surface area (Å²) in [7, 11) is 1.60. The van der Waals surface area contributed by atoms with Gasteiger partial charge in [0.25, 0.3) is 5.91 Å². The maximum absolute atomic E-state index is 11.8. The molecule has 0 aliphatic rings. The fraction of sp³-hybridized carbons (Fsp3) is 0.316. The number of methoxy groups -OCH3 is 1. The number of benzene rings is 2. The van der Waals surface area contributed by atoms with Gasteiger partial charge >= 0.3 is 0 Å². The highest BCUT2D eigenvalue weighted by Gasteiger charge is 2.03. The Morgan fingerprint density at radius 3 is 2.62 bits per heavy atom. The lowest BCUT2D eigenvalue weighted by atomic mass is 10.2. The molecule has 0 radical (unpaired) electrons. The third kappa shape index (κ3) is 6.54. The standard InChI is InChI=1S/C19H23NO3S/c1-15-6-8-16(9-7-15)14-24-11-10-20-19(21)13-23-18-5-3-4-17(12-18)22-2/h3-9,12H,10-11,13-14H2,1-2H3,(H,20,21). The minimum Gasteiger partial charge on any atom is -0.497 e. The first-order valence-electron chi connectivity index (χ1n) is 7.84. The van der Waals surface area contributed by atoms with Crippen LogP contribution in [0.15, 0.2) is 48.5 Å². The maximum atomic E-state index is 11.8. The molecule has 0 bridgehead atoms. The van der Waals surface area contributed by atoms with Crippen LogP contribution in [0.25, 0.3) is 0 Å². The van der Waals surface area contributed by atoms with E-state index in [4.69, 9.17) is 9.47 Å². The van der Waals surface area contributed by atoms with Gasteiger partial charge in [0.2, 0.25) is 0 Å². The molecule has 128 valence electrons. The van der Waals surface area contributed by atoms with Crippen molar-refractivity contribution < 1.29 is 14.3 Å². The fourth-order valence-corrected chi connectivity index (χ4v) is 2.85. The molecule has 2 rings (SSSR count). The van der Waals surface area contributed by atoms with E-state index in [1.54, 1.807) is 31.0 Å². The number of hydrogen-bond donors (Lipinski definition) is 1. The van der Waals surface area contributed by atoms with Gasteiger partial charge in [-0.25, -0.2) is 0 Å². The Bertz CT molecular complexity index is 643. The van der Waals surface area contributed by atoms with Crippen LogP contribution >= 0.6 is 11.8 Å². The van der Waals surface area contributed by atoms with E-state index in [1.807, 2.05) is 12.1 Å². The molecular weight excluding hydrogens is 322 g/mol. The Hall–Kier alpha value is -2.14. The highest BCUT2D eigenvalue weighted by Crippen LogP contribution is 2.18. The van der Waals surface area contributed by atoms with Crippen LogP contribution < -0.4 is 14.8 Å². The zero-order valence-electron chi connectivity index (χ0n) is 14.1. The Morgan fingerprint density at radius 1 is 1.12 bits per heavy atom. The van der Waals surface area contributed by atoms with E-state index >= 15 is 0 Å². The largest absolute Gasteiger partial charge is 0.497 e. The van der Waals surface area contributed by atoms with Crippen LogP contribution in [0, 0.1) is 6.92 Å². The molecule has 0 aromatic heterocycles. The van der Waals surface area contributed by atoms with E-state index in [0.29, 0.717) is 18.0 Å². The Balaban J connectivity index is 1.58. The van der Waals surface area contributed by atoms with Gasteiger partial charge in [0.05, 0.1) is 7.11 Å². The van der Waals surface area contributed by atoms with Crippen LogP contribution in [0.3, 0.4) is 0 Å². The number of amides is 1. The average molecular weight is 345 g/mol. The maximum Gasteiger partial charge on any atom is 0.257 e. The summed E-state index contributed by atoms with van der Waals surface area (Å²) in [5.41, 5.74) is 2.57. The molecule has 0 spiro atoms. The van der Waals surface area contributed by atoms with Gasteiger partial charge in [-0.15, -0.1) is 0 Å². The molecule has 2 aromatic carbocycles. The van der Waals surface area contributed by atoms with E-state index in [-0.39, 0.29) is 12.5 Å². The third-order valence-electron chi connectivity index (χ3n) is 3.37. The summed E-state index contributed by atoms with van der Waals surface area (Å²) in [5.74, 6) is 3.04. The van der Waals surface area contributed by atoms with Crippen LogP contribution in [-0.4, -0.2) is 31.9 Å². The first kappa shape index (κ1) is 18.2. The van der Waals surface area contributed by atoms with Gasteiger partial charge in [-0.1, -0.05) is 35.9 Å². The van der Waals surface area contributed by atoms with Gasteiger partial charge in [0, 0.05) is 24.1 Å². The zero-order chi connectivity index (χ0) is 17.2. The molecule has 1 amide bonds. The molecule has 1 N–H and O–H groups in total. The Morgan fingerprint density at radius 2 is 1.88 bits per heavy atom. The van der Waals surface area contributed by atoms with Crippen LogP contribution in [0.2, 0.25) is 0 Å². The fourth-order valence-electron chi connectivity index (χ4n) is 2.03. The molecule has 0 atom stereocenters. The summed E-state index contributed by atoms with van der Waals surface area (Å²) >= 11 is 1.80. The lowest BCUT2D eigenvalue weighted by molar-refractivity contribution is -0.122. The summed E-state index contributed by atoms with van der Waals surface area (Å²) in [4.78, 5) is 11.8. The predicted octanol–water partition coefficient (Wildman–Crippen LogP) is 3.43. The Kier molecular flexibility index (Phi) is 7.49. The van der Waals surface area contributed by atoms with E-state index in [1.165, 1.54) is 11.1 Å². The number of aryl methyl sites for hydroxylation is 1. The molecule has 0 saturated carbocycles. The van der Waals surface area contributed by atoms with E-state index in [0.717, 1.165) is 11.5 Å². The van der Waals surface area contributed by atoms with E-state index in [2.05, 4.69) is 36.5 Å². The SMILES string of the molecule is COc1cccc(OCC(=O)NCCSCc2ccc(C)cc2)c1. The number of nitrogens with one attached hydrogen (secondary N) is 1. The van der Waals surface area contributed by atoms with Crippen molar-refractivity contribution in [3.8, 4) is 11.5 Å². The topological polar surface area (TPSA) is 47.6 Å². The van der Waals surface area contributed by atoms with Gasteiger partial charge in [-0.2, -0.15) is 11.8 Å². The first-order chi connectivity index (χ1) is 11.7. The highest BCUT2D eigenvalue weighted by molar-refractivity contribution is 7.98. The number of thioether (sulfide) groups is 1. The summed E-state index contributed by atoms with van der Waals surface area (Å²) in [6.45, 7) is 2.73. The summed E-state index contributed by atoms with van der Waals surface area (Å²) in [5, 5.41) is 2.86. The predicted molar refractivity (Wildman–Crippen MR) is 98.8 cm³/mol. The molecule has 0 unspecified atom stereocenters. The van der Waals surface area contributed by atoms with Crippen LogP contribution in [-0.2, 0) is 10.5 Å². The monoisotopic (exact) mass is 345 g/mol. The molecule has 4 nitrogen and oxygen atoms in total. The molecule has 0 saturated heterocycles. The molecule has 0 aliphatic heterocycles. The molecule has 24 heavy (non-hydrogen) atoms. The number of carbonyl (C=O) groups excluding carboxylic acids is 1. The van der Waals surface area contributed by atoms with Gasteiger partial charge in [-0.3, -0.25) is 4.79 Å². The first-order valence-corrected chi connectivity index (χ1v) is 8.99. The third-order valence-corrected chi connectivity index (χ3v) is 4.40. The lowest BCUT2D eigenvalue weighted by Crippen LogP contribution is -2.30. The number of carbonyl (C=O) groups is 1. The highest BCUT2D eigenvalue weighted by atomic mass is 32.2.